The number of hydrogen-bond donors (Lipinski definition) is 1. The zero-order valence-corrected chi connectivity index (χ0v) is 23.9. The number of rotatable bonds is 5. The van der Waals surface area contributed by atoms with E-state index in [1.54, 1.807) is 36.4 Å². The van der Waals surface area contributed by atoms with E-state index in [0.29, 0.717) is 28.0 Å². The normalized spacial score (nSPS) is 14.9. The number of anilines is 1. The molecule has 4 rings (SSSR count). The van der Waals surface area contributed by atoms with Crippen LogP contribution in [0.15, 0.2) is 60.2 Å². The Bertz CT molecular complexity index is 1370. The Labute approximate surface area is 238 Å². The number of nitrogens with one attached hydrogen (secondary N) is 1. The zero-order chi connectivity index (χ0) is 25.3. The SMILES string of the molecule is Cc1ccc(N2C(=O)NC(=O)/C(=C/c3cc(I)c(OCc4ccc(Cl)cc4)c(I)c3)C2=O)cc1Cl. The van der Waals surface area contributed by atoms with Gasteiger partial charge in [-0.1, -0.05) is 41.4 Å². The molecule has 0 atom stereocenters. The van der Waals surface area contributed by atoms with Gasteiger partial charge < -0.3 is 4.74 Å². The molecule has 1 aliphatic heterocycles. The molecule has 0 unspecified atom stereocenters. The number of carbonyl (C=O) groups is 3. The topological polar surface area (TPSA) is 75.7 Å². The number of aryl methyl sites for hydroxylation is 1. The molecule has 4 amide bonds. The van der Waals surface area contributed by atoms with E-state index in [4.69, 9.17) is 27.9 Å². The van der Waals surface area contributed by atoms with Crippen LogP contribution in [0, 0.1) is 14.1 Å². The summed E-state index contributed by atoms with van der Waals surface area (Å²) in [6.07, 6.45) is 1.46. The first-order chi connectivity index (χ1) is 16.6. The highest BCUT2D eigenvalue weighted by atomic mass is 127. The molecule has 6 nitrogen and oxygen atoms in total. The maximum Gasteiger partial charge on any atom is 0.335 e. The minimum absolute atomic E-state index is 0.164. The third-order valence-corrected chi connectivity index (χ3v) is 7.41. The summed E-state index contributed by atoms with van der Waals surface area (Å²) in [6, 6.07) is 15.0. The highest BCUT2D eigenvalue weighted by molar-refractivity contribution is 14.1. The van der Waals surface area contributed by atoms with Crippen LogP contribution in [0.5, 0.6) is 5.75 Å². The molecular formula is C25H16Cl2I2N2O4. The first-order valence-corrected chi connectivity index (χ1v) is 13.1. The molecule has 1 fully saturated rings. The van der Waals surface area contributed by atoms with Gasteiger partial charge >= 0.3 is 6.03 Å². The maximum atomic E-state index is 13.2. The van der Waals surface area contributed by atoms with Crippen LogP contribution in [0.3, 0.4) is 0 Å². The molecule has 0 radical (unpaired) electrons. The lowest BCUT2D eigenvalue weighted by molar-refractivity contribution is -0.122. The van der Waals surface area contributed by atoms with Crippen molar-refractivity contribution in [2.75, 3.05) is 4.90 Å². The van der Waals surface area contributed by atoms with Crippen LogP contribution < -0.4 is 15.0 Å². The number of carbonyl (C=O) groups excluding carboxylic acids is 3. The van der Waals surface area contributed by atoms with E-state index in [0.717, 1.165) is 23.2 Å². The molecule has 3 aromatic rings. The molecule has 178 valence electrons. The Balaban J connectivity index is 1.61. The minimum Gasteiger partial charge on any atom is -0.487 e. The number of imide groups is 2. The molecule has 1 heterocycles. The van der Waals surface area contributed by atoms with Crippen molar-refractivity contribution in [3.63, 3.8) is 0 Å². The van der Waals surface area contributed by atoms with Gasteiger partial charge in [0.1, 0.15) is 17.9 Å². The van der Waals surface area contributed by atoms with Crippen LogP contribution in [0.25, 0.3) is 6.08 Å². The van der Waals surface area contributed by atoms with Gasteiger partial charge in [-0.2, -0.15) is 0 Å². The number of benzene rings is 3. The Kier molecular flexibility index (Phi) is 8.04. The monoisotopic (exact) mass is 732 g/mol. The summed E-state index contributed by atoms with van der Waals surface area (Å²) in [7, 11) is 0. The molecule has 3 aromatic carbocycles. The van der Waals surface area contributed by atoms with Gasteiger partial charge in [0.2, 0.25) is 0 Å². The Hall–Kier alpha value is -2.15. The van der Waals surface area contributed by atoms with Gasteiger partial charge in [-0.15, -0.1) is 0 Å². The molecule has 0 saturated carbocycles. The largest absolute Gasteiger partial charge is 0.487 e. The van der Waals surface area contributed by atoms with Crippen LogP contribution in [0.1, 0.15) is 16.7 Å². The van der Waals surface area contributed by atoms with Crippen LogP contribution in [0.2, 0.25) is 10.0 Å². The second-order valence-corrected chi connectivity index (χ2v) is 10.8. The minimum atomic E-state index is -0.827. The van der Waals surface area contributed by atoms with E-state index in [1.807, 2.05) is 19.1 Å². The number of nitrogens with zero attached hydrogens (tertiary/aromatic N) is 1. The predicted molar refractivity (Wildman–Crippen MR) is 153 cm³/mol. The van der Waals surface area contributed by atoms with E-state index >= 15 is 0 Å². The first kappa shape index (κ1) is 25.9. The fourth-order valence-electron chi connectivity index (χ4n) is 3.32. The Morgan fingerprint density at radius 3 is 2.26 bits per heavy atom. The molecule has 0 spiro atoms. The van der Waals surface area contributed by atoms with Crippen LogP contribution in [0.4, 0.5) is 10.5 Å². The third kappa shape index (κ3) is 5.82. The van der Waals surface area contributed by atoms with Crippen LogP contribution in [-0.2, 0) is 16.2 Å². The highest BCUT2D eigenvalue weighted by Gasteiger charge is 2.37. The van der Waals surface area contributed by atoms with Gasteiger partial charge in [-0.3, -0.25) is 14.9 Å². The van der Waals surface area contributed by atoms with Gasteiger partial charge in [-0.05, 0) is 111 Å². The average Bonchev–Trinajstić information content (AvgIpc) is 2.79. The Morgan fingerprint density at radius 2 is 1.63 bits per heavy atom. The average molecular weight is 733 g/mol. The molecular weight excluding hydrogens is 717 g/mol. The summed E-state index contributed by atoms with van der Waals surface area (Å²) < 4.78 is 7.61. The molecule has 35 heavy (non-hydrogen) atoms. The van der Waals surface area contributed by atoms with E-state index < -0.39 is 17.8 Å². The number of halogens is 4. The van der Waals surface area contributed by atoms with E-state index in [9.17, 15) is 14.4 Å². The lowest BCUT2D eigenvalue weighted by Gasteiger charge is -2.26. The molecule has 1 N–H and O–H groups in total. The van der Waals surface area contributed by atoms with Gasteiger partial charge in [0.05, 0.1) is 12.8 Å². The molecule has 0 aliphatic carbocycles. The third-order valence-electron chi connectivity index (χ3n) is 5.14. The van der Waals surface area contributed by atoms with Crippen molar-refractivity contribution >= 4 is 98.0 Å². The van der Waals surface area contributed by atoms with Crippen molar-refractivity contribution in [2.45, 2.75) is 13.5 Å². The lowest BCUT2D eigenvalue weighted by atomic mass is 10.1. The maximum absolute atomic E-state index is 13.2. The Morgan fingerprint density at radius 1 is 0.971 bits per heavy atom. The van der Waals surface area contributed by atoms with Crippen molar-refractivity contribution in [1.82, 2.24) is 5.32 Å². The summed E-state index contributed by atoms with van der Waals surface area (Å²) in [5.74, 6) is -0.803. The summed E-state index contributed by atoms with van der Waals surface area (Å²) in [4.78, 5) is 39.0. The second-order valence-electron chi connectivity index (χ2n) is 7.62. The van der Waals surface area contributed by atoms with Gasteiger partial charge in [0.25, 0.3) is 11.8 Å². The molecule has 10 heteroatoms. The summed E-state index contributed by atoms with van der Waals surface area (Å²) in [5, 5.41) is 3.28. The number of barbiturate groups is 1. The molecule has 1 saturated heterocycles. The lowest BCUT2D eigenvalue weighted by Crippen LogP contribution is -2.54. The number of urea groups is 1. The summed E-state index contributed by atoms with van der Waals surface area (Å²) in [5.41, 5.74) is 2.50. The zero-order valence-electron chi connectivity index (χ0n) is 18.1. The standard InChI is InChI=1S/C25H16Cl2I2N2O4/c1-13-2-7-17(11-19(13)27)31-24(33)18(23(32)30-25(31)34)8-15-9-20(28)22(21(29)10-15)35-12-14-3-5-16(26)6-4-14/h2-11H,12H2,1H3,(H,30,32,34)/b18-8-. The number of hydrogen-bond acceptors (Lipinski definition) is 4. The summed E-state index contributed by atoms with van der Waals surface area (Å²) >= 11 is 16.4. The summed E-state index contributed by atoms with van der Waals surface area (Å²) in [6.45, 7) is 2.17. The smallest absolute Gasteiger partial charge is 0.335 e. The second kappa shape index (κ2) is 10.9. The van der Waals surface area contributed by atoms with Gasteiger partial charge in [0, 0.05) is 10.0 Å². The van der Waals surface area contributed by atoms with Gasteiger partial charge in [0.15, 0.2) is 0 Å². The fraction of sp³-hybridized carbons (Fsp3) is 0.0800. The van der Waals surface area contributed by atoms with E-state index in [-0.39, 0.29) is 11.3 Å². The van der Waals surface area contributed by atoms with E-state index in [2.05, 4.69) is 50.5 Å². The van der Waals surface area contributed by atoms with Crippen LogP contribution >= 0.6 is 68.4 Å². The predicted octanol–water partition coefficient (Wildman–Crippen LogP) is 6.76. The van der Waals surface area contributed by atoms with E-state index in [1.165, 1.54) is 12.1 Å². The molecule has 0 aromatic heterocycles. The fourth-order valence-corrected chi connectivity index (χ4v) is 5.74. The van der Waals surface area contributed by atoms with Crippen molar-refractivity contribution in [2.24, 2.45) is 0 Å². The number of amides is 4. The number of ether oxygens (including phenoxy) is 1. The molecule has 0 bridgehead atoms. The van der Waals surface area contributed by atoms with Crippen molar-refractivity contribution in [1.29, 1.82) is 0 Å². The molecule has 1 aliphatic rings. The quantitative estimate of drug-likeness (QED) is 0.179. The highest BCUT2D eigenvalue weighted by Crippen LogP contribution is 2.32. The van der Waals surface area contributed by atoms with Crippen molar-refractivity contribution in [3.8, 4) is 5.75 Å². The first-order valence-electron chi connectivity index (χ1n) is 10.2. The van der Waals surface area contributed by atoms with Crippen molar-refractivity contribution in [3.05, 3.63) is 94.0 Å². The van der Waals surface area contributed by atoms with Crippen molar-refractivity contribution < 1.29 is 19.1 Å². The van der Waals surface area contributed by atoms with Crippen LogP contribution in [-0.4, -0.2) is 17.8 Å². The van der Waals surface area contributed by atoms with Gasteiger partial charge in [-0.25, -0.2) is 9.69 Å².